The van der Waals surface area contributed by atoms with Crippen LogP contribution in [0, 0.1) is 0 Å². The zero-order valence-corrected chi connectivity index (χ0v) is 4.50. The van der Waals surface area contributed by atoms with Crippen molar-refractivity contribution in [3.63, 3.8) is 0 Å². The standard InChI is InChI=1S/4Li.H2O/h;;;;1H2. The van der Waals surface area contributed by atoms with Crippen LogP contribution in [0.1, 0.15) is 0 Å². The molecule has 0 amide bonds. The van der Waals surface area contributed by atoms with Crippen LogP contribution in [0.5, 0.6) is 0 Å². The minimum atomic E-state index is 0. The SMILES string of the molecule is O.[Li].[Li].[Li].[Li]. The minimum Gasteiger partial charge on any atom is -0.412 e. The van der Waals surface area contributed by atoms with Gasteiger partial charge in [-0.3, -0.25) is 0 Å². The third-order valence-corrected chi connectivity index (χ3v) is 0. The third kappa shape index (κ3) is 21.8. The summed E-state index contributed by atoms with van der Waals surface area (Å²) in [6, 6.07) is 0. The molecule has 5 heavy (non-hydrogen) atoms. The van der Waals surface area contributed by atoms with Crippen molar-refractivity contribution in [2.45, 2.75) is 0 Å². The molecule has 0 bridgehead atoms. The first-order chi connectivity index (χ1) is 0. The van der Waals surface area contributed by atoms with E-state index >= 15 is 0 Å². The first-order valence-electron chi connectivity index (χ1n) is 0. The topological polar surface area (TPSA) is 31.5 Å². The summed E-state index contributed by atoms with van der Waals surface area (Å²) in [7, 11) is 0. The molecule has 0 rings (SSSR count). The molecule has 0 atom stereocenters. The molecule has 0 aliphatic rings. The molecule has 5 heteroatoms. The average Bonchev–Trinajstić information content (AvgIpc) is 0. The van der Waals surface area contributed by atoms with Gasteiger partial charge in [-0.2, -0.15) is 0 Å². The van der Waals surface area contributed by atoms with Gasteiger partial charge in [0.05, 0.1) is 0 Å². The Labute approximate surface area is 80.0 Å². The second-order valence-corrected chi connectivity index (χ2v) is 0. The first-order valence-corrected chi connectivity index (χ1v) is 0. The second kappa shape index (κ2) is 32.9. The van der Waals surface area contributed by atoms with Crippen LogP contribution >= 0.6 is 0 Å². The Morgan fingerprint density at radius 2 is 0.400 bits per heavy atom. The van der Waals surface area contributed by atoms with Gasteiger partial charge in [0.2, 0.25) is 0 Å². The molecule has 2 N–H and O–H groups in total. The molecule has 4 radical (unpaired) electrons. The van der Waals surface area contributed by atoms with Crippen molar-refractivity contribution in [3.8, 4) is 0 Å². The fourth-order valence-electron chi connectivity index (χ4n) is 0. The monoisotopic (exact) mass is 46.1 g/mol. The predicted molar refractivity (Wildman–Crippen MR) is 26.6 cm³/mol. The van der Waals surface area contributed by atoms with Crippen molar-refractivity contribution in [2.24, 2.45) is 0 Å². The average molecular weight is 45.8 g/mol. The molecule has 0 aliphatic heterocycles. The maximum Gasteiger partial charge on any atom is 0 e. The Bertz CT molecular complexity index is 3.61. The molecule has 0 fully saturated rings. The Kier molecular flexibility index (Phi) is 353. The van der Waals surface area contributed by atoms with E-state index in [1.54, 1.807) is 0 Å². The predicted octanol–water partition coefficient (Wildman–Crippen LogP) is -2.35. The molecular formula is H2Li4O. The van der Waals surface area contributed by atoms with Gasteiger partial charge in [0, 0.05) is 75.4 Å². The van der Waals surface area contributed by atoms with E-state index < -0.39 is 0 Å². The van der Waals surface area contributed by atoms with Gasteiger partial charge in [0.1, 0.15) is 0 Å². The molecule has 1 nitrogen and oxygen atoms in total. The van der Waals surface area contributed by atoms with Crippen molar-refractivity contribution in [2.75, 3.05) is 0 Å². The van der Waals surface area contributed by atoms with E-state index in [1.165, 1.54) is 0 Å². The van der Waals surface area contributed by atoms with Crippen LogP contribution in [0.25, 0.3) is 0 Å². The third-order valence-electron chi connectivity index (χ3n) is 0. The molecule has 0 aromatic rings. The fraction of sp³-hybridized carbons (Fsp3) is 0. The van der Waals surface area contributed by atoms with Gasteiger partial charge in [0.25, 0.3) is 0 Å². The Morgan fingerprint density at radius 1 is 0.400 bits per heavy atom. The second-order valence-electron chi connectivity index (χ2n) is 0. The number of hydrogen-bond acceptors (Lipinski definition) is 0. The molecule has 0 spiro atoms. The van der Waals surface area contributed by atoms with Crippen molar-refractivity contribution >= 4 is 75.4 Å². The summed E-state index contributed by atoms with van der Waals surface area (Å²) >= 11 is 0. The summed E-state index contributed by atoms with van der Waals surface area (Å²) < 4.78 is 0. The van der Waals surface area contributed by atoms with Crippen LogP contribution in [0.4, 0.5) is 0 Å². The summed E-state index contributed by atoms with van der Waals surface area (Å²) in [6.45, 7) is 0. The van der Waals surface area contributed by atoms with E-state index in [1.807, 2.05) is 0 Å². The van der Waals surface area contributed by atoms with E-state index in [0.29, 0.717) is 0 Å². The molecule has 0 saturated carbocycles. The molecule has 0 aromatic carbocycles. The van der Waals surface area contributed by atoms with Crippen LogP contribution in [-0.4, -0.2) is 80.9 Å². The molecule has 0 heterocycles. The maximum absolute atomic E-state index is 0. The van der Waals surface area contributed by atoms with Crippen molar-refractivity contribution < 1.29 is 5.48 Å². The van der Waals surface area contributed by atoms with Gasteiger partial charge < -0.3 is 5.48 Å². The zero-order chi connectivity index (χ0) is 0. The number of rotatable bonds is 0. The normalized spacial score (nSPS) is 0. The van der Waals surface area contributed by atoms with E-state index in [-0.39, 0.29) is 80.9 Å². The molecule has 12 valence electrons. The molecule has 0 aromatic heterocycles. The van der Waals surface area contributed by atoms with E-state index in [2.05, 4.69) is 0 Å². The van der Waals surface area contributed by atoms with Crippen molar-refractivity contribution in [1.82, 2.24) is 0 Å². The van der Waals surface area contributed by atoms with Gasteiger partial charge >= 0.3 is 0 Å². The Morgan fingerprint density at radius 3 is 0.400 bits per heavy atom. The van der Waals surface area contributed by atoms with Crippen LogP contribution < -0.4 is 0 Å². The van der Waals surface area contributed by atoms with E-state index in [9.17, 15) is 0 Å². The Balaban J connectivity index is 0. The summed E-state index contributed by atoms with van der Waals surface area (Å²) in [4.78, 5) is 0. The summed E-state index contributed by atoms with van der Waals surface area (Å²) in [6.07, 6.45) is 0. The summed E-state index contributed by atoms with van der Waals surface area (Å²) in [5.74, 6) is 0. The van der Waals surface area contributed by atoms with E-state index in [0.717, 1.165) is 0 Å². The number of hydrogen-bond donors (Lipinski definition) is 0. The van der Waals surface area contributed by atoms with Crippen molar-refractivity contribution in [1.29, 1.82) is 0 Å². The largest absolute Gasteiger partial charge is 0.412 e. The first kappa shape index (κ1) is 53.7. The van der Waals surface area contributed by atoms with Gasteiger partial charge in [-0.1, -0.05) is 0 Å². The minimum absolute atomic E-state index is 0. The summed E-state index contributed by atoms with van der Waals surface area (Å²) in [5, 5.41) is 0. The van der Waals surface area contributed by atoms with Crippen molar-refractivity contribution in [3.05, 3.63) is 0 Å². The molecule has 0 aliphatic carbocycles. The molecule has 0 unspecified atom stereocenters. The summed E-state index contributed by atoms with van der Waals surface area (Å²) in [5.41, 5.74) is 0. The van der Waals surface area contributed by atoms with Crippen LogP contribution in [0.2, 0.25) is 0 Å². The van der Waals surface area contributed by atoms with Crippen LogP contribution in [0.15, 0.2) is 0 Å². The maximum atomic E-state index is 0. The Hall–Kier alpha value is 2.35. The van der Waals surface area contributed by atoms with Crippen LogP contribution in [0.3, 0.4) is 0 Å². The molecular weight excluding hydrogens is 43.8 g/mol. The zero-order valence-electron chi connectivity index (χ0n) is 4.50. The quantitative estimate of drug-likeness (QED) is 0.273. The fourth-order valence-corrected chi connectivity index (χ4v) is 0. The van der Waals surface area contributed by atoms with E-state index in [4.69, 9.17) is 0 Å². The van der Waals surface area contributed by atoms with Gasteiger partial charge in [-0.05, 0) is 0 Å². The van der Waals surface area contributed by atoms with Gasteiger partial charge in [0.15, 0.2) is 0 Å². The van der Waals surface area contributed by atoms with Gasteiger partial charge in [-0.25, -0.2) is 0 Å². The smallest absolute Gasteiger partial charge is 0 e. The van der Waals surface area contributed by atoms with Crippen LogP contribution in [-0.2, 0) is 0 Å². The molecule has 0 saturated heterocycles. The van der Waals surface area contributed by atoms with Gasteiger partial charge in [-0.15, -0.1) is 0 Å².